The molecule has 106 valence electrons. The molecular weight excluding hydrogens is 256 g/mol. The summed E-state index contributed by atoms with van der Waals surface area (Å²) in [4.78, 5) is 17.9. The standard InChI is InChI=1S/C14H18N4O2/c1-2-18(10-12-6-4-8-20-12)9-11-5-3-7-13(16-11)14(19)17-15/h3-8H,2,9-10,15H2,1H3,(H,17,19). The molecule has 6 heteroatoms. The molecule has 0 atom stereocenters. The largest absolute Gasteiger partial charge is 0.468 e. The first-order valence-corrected chi connectivity index (χ1v) is 6.44. The summed E-state index contributed by atoms with van der Waals surface area (Å²) in [5.41, 5.74) is 3.22. The number of rotatable bonds is 6. The minimum absolute atomic E-state index is 0.319. The van der Waals surface area contributed by atoms with Gasteiger partial charge in [-0.1, -0.05) is 13.0 Å². The molecule has 2 aromatic rings. The van der Waals surface area contributed by atoms with Crippen molar-refractivity contribution in [3.63, 3.8) is 0 Å². The van der Waals surface area contributed by atoms with E-state index in [-0.39, 0.29) is 5.91 Å². The average Bonchev–Trinajstić information content (AvgIpc) is 2.99. The summed E-state index contributed by atoms with van der Waals surface area (Å²) in [6.07, 6.45) is 1.66. The molecule has 6 nitrogen and oxygen atoms in total. The van der Waals surface area contributed by atoms with Crippen molar-refractivity contribution >= 4 is 5.91 Å². The van der Waals surface area contributed by atoms with E-state index in [0.717, 1.165) is 18.0 Å². The monoisotopic (exact) mass is 274 g/mol. The Bertz CT molecular complexity index is 554. The van der Waals surface area contributed by atoms with Gasteiger partial charge in [-0.25, -0.2) is 10.8 Å². The minimum atomic E-state index is -0.388. The fourth-order valence-electron chi connectivity index (χ4n) is 1.90. The fourth-order valence-corrected chi connectivity index (χ4v) is 1.90. The van der Waals surface area contributed by atoms with Crippen LogP contribution in [0.3, 0.4) is 0 Å². The molecule has 20 heavy (non-hydrogen) atoms. The molecule has 0 unspecified atom stereocenters. The van der Waals surface area contributed by atoms with Crippen molar-refractivity contribution in [2.45, 2.75) is 20.0 Å². The lowest BCUT2D eigenvalue weighted by atomic mass is 10.2. The van der Waals surface area contributed by atoms with Gasteiger partial charge in [0.1, 0.15) is 11.5 Å². The van der Waals surface area contributed by atoms with Gasteiger partial charge in [0.25, 0.3) is 5.91 Å². The van der Waals surface area contributed by atoms with Gasteiger partial charge in [0.15, 0.2) is 0 Å². The molecule has 0 aliphatic carbocycles. The lowest BCUT2D eigenvalue weighted by Gasteiger charge is -2.18. The molecule has 0 aliphatic rings. The zero-order chi connectivity index (χ0) is 14.4. The maximum atomic E-state index is 11.5. The summed E-state index contributed by atoms with van der Waals surface area (Å²) < 4.78 is 5.34. The molecule has 0 aromatic carbocycles. The van der Waals surface area contributed by atoms with Crippen LogP contribution in [-0.4, -0.2) is 22.3 Å². The third kappa shape index (κ3) is 3.66. The van der Waals surface area contributed by atoms with Crippen molar-refractivity contribution in [2.24, 2.45) is 5.84 Å². The Kier molecular flexibility index (Phi) is 4.86. The van der Waals surface area contributed by atoms with Gasteiger partial charge < -0.3 is 4.42 Å². The molecule has 0 bridgehead atoms. The van der Waals surface area contributed by atoms with E-state index in [1.54, 1.807) is 18.4 Å². The van der Waals surface area contributed by atoms with E-state index in [9.17, 15) is 4.79 Å². The summed E-state index contributed by atoms with van der Waals surface area (Å²) in [6.45, 7) is 4.27. The molecule has 0 radical (unpaired) electrons. The summed E-state index contributed by atoms with van der Waals surface area (Å²) >= 11 is 0. The molecule has 2 aromatic heterocycles. The van der Waals surface area contributed by atoms with E-state index >= 15 is 0 Å². The van der Waals surface area contributed by atoms with Crippen molar-refractivity contribution in [2.75, 3.05) is 6.54 Å². The third-order valence-corrected chi connectivity index (χ3v) is 2.96. The van der Waals surface area contributed by atoms with Crippen molar-refractivity contribution < 1.29 is 9.21 Å². The first-order chi connectivity index (χ1) is 9.72. The van der Waals surface area contributed by atoms with Crippen molar-refractivity contribution in [3.8, 4) is 0 Å². The van der Waals surface area contributed by atoms with Crippen LogP contribution < -0.4 is 11.3 Å². The van der Waals surface area contributed by atoms with Gasteiger partial charge in [-0.05, 0) is 30.8 Å². The lowest BCUT2D eigenvalue weighted by molar-refractivity contribution is 0.0948. The number of nitrogens with zero attached hydrogens (tertiary/aromatic N) is 2. The Morgan fingerprint density at radius 2 is 2.20 bits per heavy atom. The van der Waals surface area contributed by atoms with E-state index in [2.05, 4.69) is 22.2 Å². The number of pyridine rings is 1. The van der Waals surface area contributed by atoms with Gasteiger partial charge in [0, 0.05) is 6.54 Å². The Morgan fingerprint density at radius 3 is 2.85 bits per heavy atom. The number of aromatic nitrogens is 1. The second-order valence-corrected chi connectivity index (χ2v) is 4.37. The lowest BCUT2D eigenvalue weighted by Crippen LogP contribution is -2.31. The van der Waals surface area contributed by atoms with Crippen molar-refractivity contribution in [1.82, 2.24) is 15.3 Å². The maximum Gasteiger partial charge on any atom is 0.283 e. The van der Waals surface area contributed by atoms with Gasteiger partial charge in [-0.2, -0.15) is 0 Å². The number of furan rings is 1. The summed E-state index contributed by atoms with van der Waals surface area (Å²) in [6, 6.07) is 9.13. The molecule has 2 rings (SSSR count). The first kappa shape index (κ1) is 14.2. The summed E-state index contributed by atoms with van der Waals surface area (Å²) in [5.74, 6) is 5.63. The zero-order valence-electron chi connectivity index (χ0n) is 11.4. The van der Waals surface area contributed by atoms with Crippen LogP contribution in [0.5, 0.6) is 0 Å². The van der Waals surface area contributed by atoms with E-state index in [1.807, 2.05) is 18.2 Å². The Hall–Kier alpha value is -2.18. The van der Waals surface area contributed by atoms with Crippen LogP contribution in [0.2, 0.25) is 0 Å². The van der Waals surface area contributed by atoms with E-state index in [1.165, 1.54) is 0 Å². The Morgan fingerprint density at radius 1 is 1.35 bits per heavy atom. The number of nitrogens with one attached hydrogen (secondary N) is 1. The number of hydrogen-bond donors (Lipinski definition) is 2. The Labute approximate surface area is 117 Å². The quantitative estimate of drug-likeness (QED) is 0.471. The molecule has 2 heterocycles. The highest BCUT2D eigenvalue weighted by Crippen LogP contribution is 2.09. The summed E-state index contributed by atoms with van der Waals surface area (Å²) in [7, 11) is 0. The van der Waals surface area contributed by atoms with Crippen molar-refractivity contribution in [3.05, 3.63) is 53.7 Å². The van der Waals surface area contributed by atoms with Gasteiger partial charge in [-0.15, -0.1) is 0 Å². The molecule has 0 saturated heterocycles. The second-order valence-electron chi connectivity index (χ2n) is 4.37. The molecule has 0 saturated carbocycles. The SMILES string of the molecule is CCN(Cc1cccc(C(=O)NN)n1)Cc1ccco1. The predicted octanol–water partition coefficient (Wildman–Crippen LogP) is 1.30. The first-order valence-electron chi connectivity index (χ1n) is 6.44. The van der Waals surface area contributed by atoms with Crippen LogP contribution in [0.15, 0.2) is 41.0 Å². The van der Waals surface area contributed by atoms with Crippen molar-refractivity contribution in [1.29, 1.82) is 0 Å². The molecule has 0 fully saturated rings. The number of carbonyl (C=O) groups excluding carboxylic acids is 1. The maximum absolute atomic E-state index is 11.5. The number of nitrogen functional groups attached to an aromatic ring is 1. The normalized spacial score (nSPS) is 10.8. The second kappa shape index (κ2) is 6.83. The van der Waals surface area contributed by atoms with Crippen LogP contribution in [-0.2, 0) is 13.1 Å². The van der Waals surface area contributed by atoms with Crippen LogP contribution in [0.4, 0.5) is 0 Å². The number of hydrazine groups is 1. The molecule has 1 amide bonds. The number of hydrogen-bond acceptors (Lipinski definition) is 5. The topological polar surface area (TPSA) is 84.4 Å². The number of amides is 1. The van der Waals surface area contributed by atoms with Gasteiger partial charge in [-0.3, -0.25) is 15.1 Å². The van der Waals surface area contributed by atoms with E-state index in [0.29, 0.717) is 18.8 Å². The fraction of sp³-hybridized carbons (Fsp3) is 0.286. The van der Waals surface area contributed by atoms with E-state index < -0.39 is 0 Å². The number of nitrogens with two attached hydrogens (primary N) is 1. The van der Waals surface area contributed by atoms with Crippen LogP contribution in [0.1, 0.15) is 28.9 Å². The zero-order valence-corrected chi connectivity index (χ0v) is 11.4. The van der Waals surface area contributed by atoms with Crippen LogP contribution in [0.25, 0.3) is 0 Å². The van der Waals surface area contributed by atoms with Gasteiger partial charge in [0.05, 0.1) is 18.5 Å². The van der Waals surface area contributed by atoms with Crippen LogP contribution >= 0.6 is 0 Å². The molecule has 0 aliphatic heterocycles. The van der Waals surface area contributed by atoms with E-state index in [4.69, 9.17) is 10.3 Å². The molecule has 3 N–H and O–H groups in total. The number of carbonyl (C=O) groups is 1. The highest BCUT2D eigenvalue weighted by molar-refractivity contribution is 5.91. The third-order valence-electron chi connectivity index (χ3n) is 2.96. The van der Waals surface area contributed by atoms with Crippen LogP contribution in [0, 0.1) is 0 Å². The molecular formula is C14H18N4O2. The van der Waals surface area contributed by atoms with Gasteiger partial charge >= 0.3 is 0 Å². The Balaban J connectivity index is 2.05. The highest BCUT2D eigenvalue weighted by Gasteiger charge is 2.10. The predicted molar refractivity (Wildman–Crippen MR) is 74.4 cm³/mol. The smallest absolute Gasteiger partial charge is 0.283 e. The minimum Gasteiger partial charge on any atom is -0.468 e. The average molecular weight is 274 g/mol. The van der Waals surface area contributed by atoms with Gasteiger partial charge in [0.2, 0.25) is 0 Å². The summed E-state index contributed by atoms with van der Waals surface area (Å²) in [5, 5.41) is 0. The molecule has 0 spiro atoms. The highest BCUT2D eigenvalue weighted by atomic mass is 16.3.